The molecule has 0 aliphatic heterocycles. The highest BCUT2D eigenvalue weighted by Gasteiger charge is 2.27. The van der Waals surface area contributed by atoms with Crippen LogP contribution in [-0.4, -0.2) is 42.0 Å². The van der Waals surface area contributed by atoms with E-state index in [2.05, 4.69) is 0 Å². The normalized spacial score (nSPS) is 11.5. The van der Waals surface area contributed by atoms with Gasteiger partial charge in [0.05, 0.1) is 11.5 Å². The molecular formula is C12H13ClF3N3O3. The van der Waals surface area contributed by atoms with Crippen LogP contribution in [0.1, 0.15) is 5.56 Å². The van der Waals surface area contributed by atoms with Gasteiger partial charge < -0.3 is 5.32 Å². The lowest BCUT2D eigenvalue weighted by molar-refractivity contribution is -0.384. The van der Waals surface area contributed by atoms with Gasteiger partial charge in [-0.1, -0.05) is 11.6 Å². The molecule has 1 aromatic rings. The first kappa shape index (κ1) is 18.2. The minimum atomic E-state index is -4.47. The van der Waals surface area contributed by atoms with Gasteiger partial charge >= 0.3 is 6.18 Å². The zero-order valence-electron chi connectivity index (χ0n) is 11.5. The Balaban J connectivity index is 2.61. The van der Waals surface area contributed by atoms with Crippen LogP contribution in [0, 0.1) is 10.1 Å². The van der Waals surface area contributed by atoms with E-state index in [1.807, 2.05) is 0 Å². The van der Waals surface area contributed by atoms with Crippen LogP contribution in [0.5, 0.6) is 0 Å². The molecule has 0 fully saturated rings. The minimum absolute atomic E-state index is 0.0833. The molecule has 0 saturated carbocycles. The number of hydrogen-bond acceptors (Lipinski definition) is 4. The Morgan fingerprint density at radius 2 is 2.09 bits per heavy atom. The SMILES string of the molecule is CN(CC(=O)NCC(F)(F)F)Cc1cc([N+](=O)[O-])ccc1Cl. The topological polar surface area (TPSA) is 75.5 Å². The maximum Gasteiger partial charge on any atom is 0.405 e. The van der Waals surface area contributed by atoms with Crippen LogP contribution in [0.3, 0.4) is 0 Å². The van der Waals surface area contributed by atoms with Crippen molar-refractivity contribution in [1.29, 1.82) is 0 Å². The van der Waals surface area contributed by atoms with Crippen molar-refractivity contribution >= 4 is 23.2 Å². The van der Waals surface area contributed by atoms with Crippen molar-refractivity contribution in [2.45, 2.75) is 12.7 Å². The van der Waals surface area contributed by atoms with Crippen LogP contribution < -0.4 is 5.32 Å². The van der Waals surface area contributed by atoms with Gasteiger partial charge in [0.15, 0.2) is 0 Å². The van der Waals surface area contributed by atoms with E-state index in [1.165, 1.54) is 30.1 Å². The summed E-state index contributed by atoms with van der Waals surface area (Å²) >= 11 is 5.90. The van der Waals surface area contributed by atoms with Crippen molar-refractivity contribution in [3.05, 3.63) is 38.9 Å². The standard InChI is InChI=1S/C12H13ClF3N3O3/c1-18(6-11(20)17-7-12(14,15)16)5-8-4-9(19(21)22)2-3-10(8)13/h2-4H,5-7H2,1H3,(H,17,20). The summed E-state index contributed by atoms with van der Waals surface area (Å²) in [7, 11) is 1.49. The molecule has 0 bridgehead atoms. The zero-order valence-corrected chi connectivity index (χ0v) is 12.2. The largest absolute Gasteiger partial charge is 0.405 e. The maximum atomic E-state index is 12.0. The van der Waals surface area contributed by atoms with Gasteiger partial charge in [0.2, 0.25) is 5.91 Å². The van der Waals surface area contributed by atoms with Gasteiger partial charge in [-0.2, -0.15) is 13.2 Å². The smallest absolute Gasteiger partial charge is 0.346 e. The molecule has 0 saturated heterocycles. The number of rotatable bonds is 6. The van der Waals surface area contributed by atoms with Crippen molar-refractivity contribution < 1.29 is 22.9 Å². The van der Waals surface area contributed by atoms with Gasteiger partial charge in [-0.15, -0.1) is 0 Å². The summed E-state index contributed by atoms with van der Waals surface area (Å²) in [6, 6.07) is 3.85. The summed E-state index contributed by atoms with van der Waals surface area (Å²) in [5.41, 5.74) is 0.247. The second-order valence-corrected chi connectivity index (χ2v) is 5.00. The zero-order chi connectivity index (χ0) is 16.9. The van der Waals surface area contributed by atoms with E-state index >= 15 is 0 Å². The number of carbonyl (C=O) groups excluding carboxylic acids is 1. The second-order valence-electron chi connectivity index (χ2n) is 4.60. The summed E-state index contributed by atoms with van der Waals surface area (Å²) in [5, 5.41) is 12.7. The van der Waals surface area contributed by atoms with Gasteiger partial charge in [-0.25, -0.2) is 0 Å². The van der Waals surface area contributed by atoms with Crippen LogP contribution in [0.2, 0.25) is 5.02 Å². The Kier molecular flexibility index (Phi) is 6.12. The van der Waals surface area contributed by atoms with Crippen molar-refractivity contribution in [3.63, 3.8) is 0 Å². The van der Waals surface area contributed by atoms with Gasteiger partial charge in [-0.3, -0.25) is 19.8 Å². The number of nitrogens with zero attached hydrogens (tertiary/aromatic N) is 2. The van der Waals surface area contributed by atoms with Crippen molar-refractivity contribution in [2.24, 2.45) is 0 Å². The number of non-ortho nitro benzene ring substituents is 1. The molecular weight excluding hydrogens is 327 g/mol. The van der Waals surface area contributed by atoms with Gasteiger partial charge in [-0.05, 0) is 18.7 Å². The van der Waals surface area contributed by atoms with Gasteiger partial charge in [0.1, 0.15) is 6.54 Å². The molecule has 0 aliphatic rings. The number of benzene rings is 1. The van der Waals surface area contributed by atoms with Crippen molar-refractivity contribution in [1.82, 2.24) is 10.2 Å². The predicted molar refractivity (Wildman–Crippen MR) is 73.5 cm³/mol. The molecule has 1 aromatic carbocycles. The first-order chi connectivity index (χ1) is 10.1. The molecule has 1 amide bonds. The third kappa shape index (κ3) is 6.27. The van der Waals surface area contributed by atoms with E-state index in [1.54, 1.807) is 5.32 Å². The lowest BCUT2D eigenvalue weighted by Crippen LogP contribution is -2.39. The second kappa shape index (κ2) is 7.41. The molecule has 22 heavy (non-hydrogen) atoms. The van der Waals surface area contributed by atoms with E-state index in [0.29, 0.717) is 5.56 Å². The van der Waals surface area contributed by atoms with Crippen molar-refractivity contribution in [2.75, 3.05) is 20.1 Å². The molecule has 0 spiro atoms. The third-order valence-corrected chi connectivity index (χ3v) is 2.95. The number of nitro benzene ring substituents is 1. The molecule has 0 aromatic heterocycles. The fourth-order valence-electron chi connectivity index (χ4n) is 1.64. The van der Waals surface area contributed by atoms with E-state index in [0.717, 1.165) is 0 Å². The van der Waals surface area contributed by atoms with E-state index in [-0.39, 0.29) is 23.8 Å². The van der Waals surface area contributed by atoms with Crippen LogP contribution >= 0.6 is 11.6 Å². The van der Waals surface area contributed by atoms with Crippen molar-refractivity contribution in [3.8, 4) is 0 Å². The number of nitro groups is 1. The van der Waals surface area contributed by atoms with Crippen LogP contribution in [0.15, 0.2) is 18.2 Å². The Morgan fingerprint density at radius 3 is 2.64 bits per heavy atom. The predicted octanol–water partition coefficient (Wildman–Crippen LogP) is 2.36. The molecule has 0 unspecified atom stereocenters. The number of amides is 1. The summed E-state index contributed by atoms with van der Waals surface area (Å²) in [4.78, 5) is 22.9. The molecule has 0 radical (unpaired) electrons. The van der Waals surface area contributed by atoms with E-state index in [4.69, 9.17) is 11.6 Å². The molecule has 10 heteroatoms. The summed E-state index contributed by atoms with van der Waals surface area (Å²) in [6.45, 7) is -1.62. The van der Waals surface area contributed by atoms with Crippen LogP contribution in [0.25, 0.3) is 0 Å². The maximum absolute atomic E-state index is 12.0. The number of halogens is 4. The summed E-state index contributed by atoms with van der Waals surface area (Å²) in [6.07, 6.45) is -4.47. The minimum Gasteiger partial charge on any atom is -0.346 e. The fraction of sp³-hybridized carbons (Fsp3) is 0.417. The highest BCUT2D eigenvalue weighted by molar-refractivity contribution is 6.31. The van der Waals surface area contributed by atoms with E-state index in [9.17, 15) is 28.1 Å². The average molecular weight is 340 g/mol. The van der Waals surface area contributed by atoms with Crippen LogP contribution in [0.4, 0.5) is 18.9 Å². The molecule has 0 heterocycles. The Hall–Kier alpha value is -1.87. The molecule has 0 aliphatic carbocycles. The lowest BCUT2D eigenvalue weighted by atomic mass is 10.2. The summed E-state index contributed by atoms with van der Waals surface area (Å²) < 4.78 is 35.9. The number of carbonyl (C=O) groups is 1. The number of hydrogen-bond donors (Lipinski definition) is 1. The highest BCUT2D eigenvalue weighted by atomic mass is 35.5. The molecule has 0 atom stereocenters. The highest BCUT2D eigenvalue weighted by Crippen LogP contribution is 2.23. The first-order valence-electron chi connectivity index (χ1n) is 6.03. The Morgan fingerprint density at radius 1 is 1.45 bits per heavy atom. The average Bonchev–Trinajstić information content (AvgIpc) is 2.38. The number of alkyl halides is 3. The number of likely N-dealkylation sites (N-methyl/N-ethyl adjacent to an activating group) is 1. The number of nitrogens with one attached hydrogen (secondary N) is 1. The monoisotopic (exact) mass is 339 g/mol. The molecule has 1 rings (SSSR count). The Labute approximate surface area is 129 Å². The van der Waals surface area contributed by atoms with E-state index < -0.39 is 23.6 Å². The molecule has 6 nitrogen and oxygen atoms in total. The fourth-order valence-corrected chi connectivity index (χ4v) is 1.82. The molecule has 122 valence electrons. The van der Waals surface area contributed by atoms with Gasteiger partial charge in [0, 0.05) is 23.7 Å². The third-order valence-electron chi connectivity index (χ3n) is 2.58. The van der Waals surface area contributed by atoms with Gasteiger partial charge in [0.25, 0.3) is 5.69 Å². The Bertz CT molecular complexity index is 566. The van der Waals surface area contributed by atoms with Crippen LogP contribution in [-0.2, 0) is 11.3 Å². The quantitative estimate of drug-likeness (QED) is 0.637. The lowest BCUT2D eigenvalue weighted by Gasteiger charge is -2.17. The first-order valence-corrected chi connectivity index (χ1v) is 6.41. The summed E-state index contributed by atoms with van der Waals surface area (Å²) in [5.74, 6) is -0.804. The molecule has 1 N–H and O–H groups in total.